The summed E-state index contributed by atoms with van der Waals surface area (Å²) in [7, 11) is 2.53. The highest BCUT2D eigenvalue weighted by Crippen LogP contribution is 2.29. The van der Waals surface area contributed by atoms with E-state index in [9.17, 15) is 4.79 Å². The Morgan fingerprint density at radius 1 is 1.07 bits per heavy atom. The molecule has 0 spiro atoms. The molecule has 0 N–H and O–H groups in total. The third-order valence-electron chi connectivity index (χ3n) is 4.70. The maximum absolute atomic E-state index is 12.2. The van der Waals surface area contributed by atoms with Gasteiger partial charge in [0.2, 0.25) is 0 Å². The Labute approximate surface area is 177 Å². The molecule has 30 heavy (non-hydrogen) atoms. The molecule has 3 rings (SSSR count). The Morgan fingerprint density at radius 3 is 2.20 bits per heavy atom. The molecule has 0 aliphatic carbocycles. The maximum atomic E-state index is 12.2. The fraction of sp³-hybridized carbons (Fsp3) is 0.238. The quantitative estimate of drug-likeness (QED) is 0.355. The van der Waals surface area contributed by atoms with Crippen LogP contribution in [0.4, 0.5) is 5.69 Å². The van der Waals surface area contributed by atoms with E-state index >= 15 is 0 Å². The van der Waals surface area contributed by atoms with Gasteiger partial charge in [-0.2, -0.15) is 13.9 Å². The summed E-state index contributed by atoms with van der Waals surface area (Å²) in [5.41, 5.74) is 4.15. The molecule has 0 unspecified atom stereocenters. The molecule has 160 valence electrons. The average molecular weight is 432 g/mol. The van der Waals surface area contributed by atoms with Crippen molar-refractivity contribution < 1.29 is 23.5 Å². The lowest BCUT2D eigenvalue weighted by Gasteiger charge is -2.16. The van der Waals surface area contributed by atoms with E-state index in [1.807, 2.05) is 19.1 Å². The standard InChI is InChI=1S/C21H24N3O.H2O4S/c1-15-14-17(24(5)21(25)23(15)4)12-10-16-11-13-20(22(2)3)19-9-7-6-8-18(16)19;1-5(2,3)4/h6-14H,1-5H3;(H2,1,2,3,4)/q+1;/p-1. The van der Waals surface area contributed by atoms with Crippen molar-refractivity contribution in [2.45, 2.75) is 6.92 Å². The summed E-state index contributed by atoms with van der Waals surface area (Å²) in [6.07, 6.45) is 4.08. The summed E-state index contributed by atoms with van der Waals surface area (Å²) in [4.78, 5) is 14.4. The maximum Gasteiger partial charge on any atom is 1.00 e. The third-order valence-corrected chi connectivity index (χ3v) is 4.70. The lowest BCUT2D eigenvalue weighted by atomic mass is 10.0. The molecule has 2 aromatic carbocycles. The number of hydrogen-bond acceptors (Lipinski definition) is 6. The Hall–Kier alpha value is -3.01. The van der Waals surface area contributed by atoms with Crippen LogP contribution in [0.25, 0.3) is 22.9 Å². The molecule has 0 fully saturated rings. The second-order valence-corrected chi connectivity index (χ2v) is 7.78. The summed E-state index contributed by atoms with van der Waals surface area (Å²) in [5.74, 6) is 0. The van der Waals surface area contributed by atoms with Crippen molar-refractivity contribution in [3.8, 4) is 0 Å². The first-order chi connectivity index (χ1) is 13.9. The van der Waals surface area contributed by atoms with Gasteiger partial charge in [-0.15, -0.1) is 0 Å². The molecular weight excluding hydrogens is 406 g/mol. The van der Waals surface area contributed by atoms with Crippen LogP contribution in [0.3, 0.4) is 0 Å². The minimum atomic E-state index is -5.17. The van der Waals surface area contributed by atoms with Crippen LogP contribution in [0.1, 0.15) is 18.4 Å². The van der Waals surface area contributed by atoms with Gasteiger partial charge in [-0.3, -0.25) is 8.42 Å². The van der Waals surface area contributed by atoms with Gasteiger partial charge < -0.3 is 14.0 Å². The van der Waals surface area contributed by atoms with Crippen LogP contribution in [0.15, 0.2) is 47.3 Å². The molecule has 1 heterocycles. The highest BCUT2D eigenvalue weighted by atomic mass is 32.3. The second kappa shape index (κ2) is 9.21. The molecular formula is C21H25N3O5S. The molecule has 0 amide bonds. The van der Waals surface area contributed by atoms with E-state index < -0.39 is 10.4 Å². The van der Waals surface area contributed by atoms with Crippen molar-refractivity contribution in [3.63, 3.8) is 0 Å². The molecule has 8 nitrogen and oxygen atoms in total. The first kappa shape index (κ1) is 23.3. The Bertz CT molecular complexity index is 1260. The van der Waals surface area contributed by atoms with E-state index in [1.54, 1.807) is 23.2 Å². The Kier molecular flexibility index (Phi) is 7.14. The molecule has 0 saturated carbocycles. The van der Waals surface area contributed by atoms with E-state index in [4.69, 9.17) is 17.5 Å². The number of rotatable bonds is 3. The predicted molar refractivity (Wildman–Crippen MR) is 116 cm³/mol. The minimum absolute atomic E-state index is 0. The number of nitrogens with zero attached hydrogens (tertiary/aromatic N) is 3. The zero-order valence-corrected chi connectivity index (χ0v) is 18.3. The lowest BCUT2D eigenvalue weighted by molar-refractivity contribution is -0.692. The van der Waals surface area contributed by atoms with E-state index in [0.717, 1.165) is 17.0 Å². The summed E-state index contributed by atoms with van der Waals surface area (Å²) in [5, 5.41) is 2.42. The van der Waals surface area contributed by atoms with Gasteiger partial charge in [0, 0.05) is 41.6 Å². The molecule has 0 aliphatic rings. The van der Waals surface area contributed by atoms with Crippen LogP contribution in [-0.4, -0.2) is 36.2 Å². The van der Waals surface area contributed by atoms with E-state index in [0.29, 0.717) is 0 Å². The number of fused-ring (bicyclic) bond motifs is 1. The number of aryl methyl sites for hydroxylation is 1. The average Bonchev–Trinajstić information content (AvgIpc) is 2.66. The van der Waals surface area contributed by atoms with Gasteiger partial charge in [0.1, 0.15) is 11.4 Å². The van der Waals surface area contributed by atoms with Crippen molar-refractivity contribution in [1.82, 2.24) is 4.57 Å². The van der Waals surface area contributed by atoms with Gasteiger partial charge in [-0.1, -0.05) is 36.4 Å². The van der Waals surface area contributed by atoms with E-state index in [-0.39, 0.29) is 7.12 Å². The van der Waals surface area contributed by atoms with Crippen LogP contribution in [0, 0.1) is 6.92 Å². The molecule has 0 atom stereocenters. The highest BCUT2D eigenvalue weighted by molar-refractivity contribution is 7.79. The monoisotopic (exact) mass is 431 g/mol. The molecule has 0 bridgehead atoms. The molecule has 0 saturated heterocycles. The largest absolute Gasteiger partial charge is 1.00 e. The van der Waals surface area contributed by atoms with Crippen molar-refractivity contribution in [2.24, 2.45) is 14.1 Å². The number of aromatic nitrogens is 2. The molecule has 0 aliphatic heterocycles. The van der Waals surface area contributed by atoms with Crippen LogP contribution >= 0.6 is 0 Å². The van der Waals surface area contributed by atoms with Crippen LogP contribution in [-0.2, 0) is 24.5 Å². The molecule has 0 radical (unpaired) electrons. The van der Waals surface area contributed by atoms with Crippen molar-refractivity contribution in [3.05, 3.63) is 69.9 Å². The number of benzene rings is 2. The van der Waals surface area contributed by atoms with E-state index in [1.165, 1.54) is 16.5 Å². The lowest BCUT2D eigenvalue weighted by Crippen LogP contribution is -2.53. The zero-order chi connectivity index (χ0) is 22.6. The Balaban J connectivity index is 0.000000721. The fourth-order valence-corrected chi connectivity index (χ4v) is 3.07. The summed E-state index contributed by atoms with van der Waals surface area (Å²) >= 11 is 0. The van der Waals surface area contributed by atoms with Crippen LogP contribution in [0.5, 0.6) is 0 Å². The van der Waals surface area contributed by atoms with Crippen molar-refractivity contribution in [2.75, 3.05) is 19.0 Å². The first-order valence-corrected chi connectivity index (χ1v) is 10.3. The molecule has 1 aromatic heterocycles. The Morgan fingerprint density at radius 2 is 1.63 bits per heavy atom. The topological polar surface area (TPSA) is 109 Å². The second-order valence-electron chi connectivity index (χ2n) is 6.97. The predicted octanol–water partition coefficient (Wildman–Crippen LogP) is 1.68. The summed E-state index contributed by atoms with van der Waals surface area (Å²) in [6.45, 7) is 1.94. The molecule has 3 aromatic rings. The van der Waals surface area contributed by atoms with Gasteiger partial charge in [0.25, 0.3) is 0 Å². The third kappa shape index (κ3) is 5.76. The van der Waals surface area contributed by atoms with Crippen LogP contribution < -0.4 is 15.2 Å². The zero-order valence-electron chi connectivity index (χ0n) is 18.5. The first-order valence-electron chi connectivity index (χ1n) is 9.00. The normalized spacial score (nSPS) is 11.4. The highest BCUT2D eigenvalue weighted by Gasteiger charge is 2.12. The smallest absolute Gasteiger partial charge is 0.759 e. The summed E-state index contributed by atoms with van der Waals surface area (Å²) in [6, 6.07) is 14.7. The number of hydrogen-bond donors (Lipinski definition) is 0. The minimum Gasteiger partial charge on any atom is -0.759 e. The van der Waals surface area contributed by atoms with Gasteiger partial charge >= 0.3 is 7.12 Å². The van der Waals surface area contributed by atoms with Gasteiger partial charge in [-0.25, -0.2) is 0 Å². The van der Waals surface area contributed by atoms with Crippen molar-refractivity contribution >= 4 is 39.0 Å². The van der Waals surface area contributed by atoms with Crippen LogP contribution in [0.2, 0.25) is 0 Å². The van der Waals surface area contributed by atoms with Gasteiger partial charge in [0.05, 0.1) is 14.1 Å². The summed E-state index contributed by atoms with van der Waals surface area (Å²) < 4.78 is 37.4. The van der Waals surface area contributed by atoms with E-state index in [2.05, 4.69) is 61.5 Å². The van der Waals surface area contributed by atoms with Crippen molar-refractivity contribution in [1.29, 1.82) is 0 Å². The SMILES string of the molecule is Cc1cc(/C=C/c2ccc(N(C)C)c3ccccc23)[n+](C)c(=O)n1C.O=S(=O)([O-])[O-].[H+]. The van der Waals surface area contributed by atoms with Gasteiger partial charge in [0.15, 0.2) is 0 Å². The molecule has 9 heteroatoms. The number of anilines is 1. The fourth-order valence-electron chi connectivity index (χ4n) is 3.07. The van der Waals surface area contributed by atoms with Gasteiger partial charge in [-0.05, 0) is 30.0 Å².